The first-order valence-electron chi connectivity index (χ1n) is 9.94. The van der Waals surface area contributed by atoms with Crippen LogP contribution in [-0.2, 0) is 27.5 Å². The lowest BCUT2D eigenvalue weighted by molar-refractivity contribution is -0.137. The molecule has 0 fully saturated rings. The van der Waals surface area contributed by atoms with Crippen LogP contribution in [0.4, 0.5) is 28.9 Å². The highest BCUT2D eigenvalue weighted by molar-refractivity contribution is 7.92. The first kappa shape index (κ1) is 26.3. The van der Waals surface area contributed by atoms with Crippen molar-refractivity contribution in [2.24, 2.45) is 0 Å². The molecule has 0 bridgehead atoms. The minimum atomic E-state index is -4.72. The van der Waals surface area contributed by atoms with Crippen molar-refractivity contribution >= 4 is 38.9 Å². The Morgan fingerprint density at radius 2 is 1.66 bits per heavy atom. The van der Waals surface area contributed by atoms with Crippen molar-refractivity contribution in [1.82, 2.24) is 0 Å². The third-order valence-electron chi connectivity index (χ3n) is 4.70. The second-order valence-corrected chi connectivity index (χ2v) is 9.76. The molecule has 0 heterocycles. The molecule has 186 valence electrons. The van der Waals surface area contributed by atoms with E-state index < -0.39 is 45.8 Å². The summed E-state index contributed by atoms with van der Waals surface area (Å²) in [7, 11) is -3.69. The molecule has 0 spiro atoms. The summed E-state index contributed by atoms with van der Waals surface area (Å²) >= 11 is 5.62. The summed E-state index contributed by atoms with van der Waals surface area (Å²) in [5.74, 6) is -1.10. The number of carbonyl (C=O) groups is 1. The summed E-state index contributed by atoms with van der Waals surface area (Å²) in [6.07, 6.45) is -3.69. The zero-order valence-electron chi connectivity index (χ0n) is 18.1. The Labute approximate surface area is 204 Å². The normalized spacial score (nSPS) is 11.7. The number of anilines is 2. The number of carbonyl (C=O) groups excluding carboxylic acids is 1. The van der Waals surface area contributed by atoms with Crippen LogP contribution in [0.1, 0.15) is 11.1 Å². The molecule has 3 aromatic rings. The average molecular weight is 531 g/mol. The van der Waals surface area contributed by atoms with Crippen molar-refractivity contribution in [1.29, 1.82) is 0 Å². The van der Waals surface area contributed by atoms with E-state index in [-0.39, 0.29) is 17.3 Å². The Hall–Kier alpha value is -3.31. The zero-order chi connectivity index (χ0) is 25.8. The maximum absolute atomic E-state index is 13.2. The minimum Gasteiger partial charge on any atom is -0.484 e. The molecule has 0 atom stereocenters. The topological polar surface area (TPSA) is 75.7 Å². The maximum Gasteiger partial charge on any atom is 0.418 e. The van der Waals surface area contributed by atoms with Crippen LogP contribution in [0.15, 0.2) is 66.7 Å². The molecule has 3 rings (SSSR count). The van der Waals surface area contributed by atoms with Crippen LogP contribution in [0.25, 0.3) is 0 Å². The number of hydrogen-bond acceptors (Lipinski definition) is 4. The number of ether oxygens (including phenoxy) is 1. The number of hydrogen-bond donors (Lipinski definition) is 1. The first-order valence-corrected chi connectivity index (χ1v) is 12.2. The van der Waals surface area contributed by atoms with Gasteiger partial charge in [0.2, 0.25) is 10.0 Å². The Morgan fingerprint density at radius 3 is 2.23 bits per heavy atom. The fraction of sp³-hybridized carbons (Fsp3) is 0.174. The van der Waals surface area contributed by atoms with E-state index in [2.05, 4.69) is 5.32 Å². The van der Waals surface area contributed by atoms with E-state index in [0.717, 1.165) is 16.6 Å². The smallest absolute Gasteiger partial charge is 0.418 e. The number of benzene rings is 3. The highest BCUT2D eigenvalue weighted by Gasteiger charge is 2.34. The van der Waals surface area contributed by atoms with Crippen LogP contribution < -0.4 is 14.4 Å². The number of sulfonamides is 1. The van der Waals surface area contributed by atoms with E-state index in [0.29, 0.717) is 17.3 Å². The number of nitrogens with one attached hydrogen (secondary N) is 1. The number of amides is 1. The molecule has 1 amide bonds. The lowest BCUT2D eigenvalue weighted by Gasteiger charge is -2.23. The van der Waals surface area contributed by atoms with Gasteiger partial charge in [0.25, 0.3) is 5.91 Å². The minimum absolute atomic E-state index is 0.0373. The van der Waals surface area contributed by atoms with Gasteiger partial charge in [-0.25, -0.2) is 12.8 Å². The van der Waals surface area contributed by atoms with E-state index >= 15 is 0 Å². The monoisotopic (exact) mass is 530 g/mol. The number of nitrogens with zero attached hydrogens (tertiary/aromatic N) is 1. The van der Waals surface area contributed by atoms with Crippen molar-refractivity contribution < 1.29 is 35.5 Å². The van der Waals surface area contributed by atoms with Crippen LogP contribution in [0.2, 0.25) is 5.02 Å². The SMILES string of the molecule is CS(=O)(=O)N(Cc1ccc(F)cc1)c1ccc(OCC(=O)Nc2ccc(Cl)cc2C(F)(F)F)cc1. The molecule has 0 saturated heterocycles. The van der Waals surface area contributed by atoms with Gasteiger partial charge in [-0.15, -0.1) is 0 Å². The van der Waals surface area contributed by atoms with Gasteiger partial charge in [0.15, 0.2) is 6.61 Å². The highest BCUT2D eigenvalue weighted by atomic mass is 35.5. The summed E-state index contributed by atoms with van der Waals surface area (Å²) in [6.45, 7) is -0.630. The summed E-state index contributed by atoms with van der Waals surface area (Å²) in [4.78, 5) is 12.1. The molecule has 35 heavy (non-hydrogen) atoms. The van der Waals surface area contributed by atoms with Gasteiger partial charge in [-0.1, -0.05) is 23.7 Å². The molecule has 0 unspecified atom stereocenters. The van der Waals surface area contributed by atoms with E-state index in [1.54, 1.807) is 0 Å². The summed E-state index contributed by atoms with van der Waals surface area (Å²) in [6, 6.07) is 14.0. The van der Waals surface area contributed by atoms with E-state index in [4.69, 9.17) is 16.3 Å². The van der Waals surface area contributed by atoms with Gasteiger partial charge < -0.3 is 10.1 Å². The molecule has 6 nitrogen and oxygen atoms in total. The standard InChI is InChI=1S/C23H19ClF4N2O4S/c1-35(32,33)30(13-15-2-5-17(25)6-3-15)18-7-9-19(10-8-18)34-14-22(31)29-21-11-4-16(24)12-20(21)23(26,27)28/h2-12H,13-14H2,1H3,(H,29,31). The molecule has 0 aromatic heterocycles. The lowest BCUT2D eigenvalue weighted by Crippen LogP contribution is -2.29. The predicted octanol–water partition coefficient (Wildman–Crippen LogP) is 5.48. The van der Waals surface area contributed by atoms with Gasteiger partial charge in [0.1, 0.15) is 11.6 Å². The molecule has 3 aromatic carbocycles. The van der Waals surface area contributed by atoms with Crippen molar-refractivity contribution in [3.63, 3.8) is 0 Å². The fourth-order valence-corrected chi connectivity index (χ4v) is 4.12. The van der Waals surface area contributed by atoms with E-state index in [9.17, 15) is 30.8 Å². The Morgan fingerprint density at radius 1 is 1.03 bits per heavy atom. The maximum atomic E-state index is 13.2. The van der Waals surface area contributed by atoms with Gasteiger partial charge in [0, 0.05) is 5.02 Å². The Bertz CT molecular complexity index is 1300. The first-order chi connectivity index (χ1) is 16.3. The molecule has 1 N–H and O–H groups in total. The molecule has 0 aliphatic carbocycles. The van der Waals surface area contributed by atoms with E-state index in [1.807, 2.05) is 0 Å². The third kappa shape index (κ3) is 7.33. The van der Waals surface area contributed by atoms with Crippen LogP contribution in [-0.4, -0.2) is 27.2 Å². The lowest BCUT2D eigenvalue weighted by atomic mass is 10.1. The summed E-state index contributed by atoms with van der Waals surface area (Å²) in [5.41, 5.74) is -0.695. The second-order valence-electron chi connectivity index (χ2n) is 7.41. The van der Waals surface area contributed by atoms with Crippen molar-refractivity contribution in [3.8, 4) is 5.75 Å². The molecule has 12 heteroatoms. The molecular weight excluding hydrogens is 512 g/mol. The Kier molecular flexibility index (Phi) is 7.91. The number of alkyl halides is 3. The van der Waals surface area contributed by atoms with Crippen LogP contribution in [0, 0.1) is 5.82 Å². The summed E-state index contributed by atoms with van der Waals surface area (Å²) < 4.78 is 83.6. The van der Waals surface area contributed by atoms with Crippen LogP contribution in [0.3, 0.4) is 0 Å². The van der Waals surface area contributed by atoms with Crippen molar-refractivity contribution in [2.45, 2.75) is 12.7 Å². The van der Waals surface area contributed by atoms with Crippen LogP contribution in [0.5, 0.6) is 5.75 Å². The molecule has 0 saturated carbocycles. The Balaban J connectivity index is 1.67. The predicted molar refractivity (Wildman–Crippen MR) is 124 cm³/mol. The van der Waals surface area contributed by atoms with Gasteiger partial charge in [-0.2, -0.15) is 13.2 Å². The number of halogens is 5. The summed E-state index contributed by atoms with van der Waals surface area (Å²) in [5, 5.41) is 2.01. The average Bonchev–Trinajstić information content (AvgIpc) is 2.77. The number of rotatable bonds is 8. The van der Waals surface area contributed by atoms with Gasteiger partial charge in [-0.05, 0) is 60.2 Å². The fourth-order valence-electron chi connectivity index (χ4n) is 3.06. The third-order valence-corrected chi connectivity index (χ3v) is 6.07. The molecule has 0 radical (unpaired) electrons. The van der Waals surface area contributed by atoms with Gasteiger partial charge >= 0.3 is 6.18 Å². The largest absolute Gasteiger partial charge is 0.484 e. The van der Waals surface area contributed by atoms with Crippen molar-refractivity contribution in [2.75, 3.05) is 22.5 Å². The van der Waals surface area contributed by atoms with Gasteiger partial charge in [-0.3, -0.25) is 9.10 Å². The molecule has 0 aliphatic rings. The molecule has 0 aliphatic heterocycles. The zero-order valence-corrected chi connectivity index (χ0v) is 19.7. The van der Waals surface area contributed by atoms with E-state index in [1.165, 1.54) is 54.6 Å². The van der Waals surface area contributed by atoms with Crippen LogP contribution >= 0.6 is 11.6 Å². The van der Waals surface area contributed by atoms with Gasteiger partial charge in [0.05, 0.1) is 29.7 Å². The second kappa shape index (κ2) is 10.5. The van der Waals surface area contributed by atoms with Crippen molar-refractivity contribution in [3.05, 3.63) is 88.7 Å². The molecular formula is C23H19ClF4N2O4S. The highest BCUT2D eigenvalue weighted by Crippen LogP contribution is 2.36. The quantitative estimate of drug-likeness (QED) is 0.391.